The predicted octanol–water partition coefficient (Wildman–Crippen LogP) is 5.14. The fourth-order valence-corrected chi connectivity index (χ4v) is 3.62. The van der Waals surface area contributed by atoms with E-state index in [9.17, 15) is 5.11 Å². The van der Waals surface area contributed by atoms with Gasteiger partial charge in [-0.05, 0) is 72.2 Å². The lowest BCUT2D eigenvalue weighted by Crippen LogP contribution is -2.05. The van der Waals surface area contributed by atoms with E-state index in [4.69, 9.17) is 11.6 Å². The maximum absolute atomic E-state index is 10.1. The predicted molar refractivity (Wildman–Crippen MR) is 90.5 cm³/mol. The first-order chi connectivity index (χ1) is 10.7. The Hall–Kier alpha value is -2.06. The number of hydrogen-bond donors (Lipinski definition) is 1. The number of fused-ring (bicyclic) bond motifs is 2. The third-order valence-electron chi connectivity index (χ3n) is 4.50. The third-order valence-corrected chi connectivity index (χ3v) is 4.74. The Labute approximate surface area is 134 Å². The number of aromatic hydroxyl groups is 1. The highest BCUT2D eigenvalue weighted by Gasteiger charge is 2.18. The van der Waals surface area contributed by atoms with Gasteiger partial charge in [0, 0.05) is 16.6 Å². The van der Waals surface area contributed by atoms with Gasteiger partial charge in [0.05, 0.1) is 5.52 Å². The first kappa shape index (κ1) is 13.6. The molecule has 4 rings (SSSR count). The minimum absolute atomic E-state index is 0.430. The molecule has 0 amide bonds. The number of hydrogen-bond acceptors (Lipinski definition) is 2. The van der Waals surface area contributed by atoms with Crippen LogP contribution in [-0.4, -0.2) is 10.1 Å². The Morgan fingerprint density at radius 2 is 1.73 bits per heavy atom. The van der Waals surface area contributed by atoms with E-state index in [1.54, 1.807) is 0 Å². The fraction of sp³-hybridized carbons (Fsp3) is 0.211. The van der Waals surface area contributed by atoms with Gasteiger partial charge in [-0.3, -0.25) is 4.98 Å². The molecule has 0 fully saturated rings. The topological polar surface area (TPSA) is 33.1 Å². The number of nitrogens with zero attached hydrogens (tertiary/aromatic N) is 1. The molecule has 3 heteroatoms. The van der Waals surface area contributed by atoms with Gasteiger partial charge in [0.1, 0.15) is 5.75 Å². The highest BCUT2D eigenvalue weighted by molar-refractivity contribution is 6.31. The van der Waals surface area contributed by atoms with E-state index in [0.29, 0.717) is 10.8 Å². The average Bonchev–Trinajstić information content (AvgIpc) is 2.55. The lowest BCUT2D eigenvalue weighted by Gasteiger charge is -2.21. The summed E-state index contributed by atoms with van der Waals surface area (Å²) < 4.78 is 0. The van der Waals surface area contributed by atoms with Crippen LogP contribution < -0.4 is 0 Å². The summed E-state index contributed by atoms with van der Waals surface area (Å²) in [5.41, 5.74) is 5.68. The van der Waals surface area contributed by atoms with Crippen molar-refractivity contribution >= 4 is 22.5 Å². The molecular formula is C19H16ClNO. The van der Waals surface area contributed by atoms with Gasteiger partial charge in [-0.1, -0.05) is 23.7 Å². The van der Waals surface area contributed by atoms with Crippen LogP contribution in [-0.2, 0) is 12.8 Å². The Morgan fingerprint density at radius 1 is 0.909 bits per heavy atom. The molecule has 0 saturated carbocycles. The Balaban J connectivity index is 2.00. The molecule has 0 aliphatic heterocycles. The van der Waals surface area contributed by atoms with Crippen LogP contribution in [0, 0.1) is 0 Å². The molecule has 1 N–H and O–H groups in total. The van der Waals surface area contributed by atoms with Crippen molar-refractivity contribution in [3.63, 3.8) is 0 Å². The Kier molecular flexibility index (Phi) is 3.27. The first-order valence-electron chi connectivity index (χ1n) is 7.62. The molecule has 1 heterocycles. The number of aromatic nitrogens is 1. The zero-order valence-corrected chi connectivity index (χ0v) is 12.9. The van der Waals surface area contributed by atoms with Crippen molar-refractivity contribution < 1.29 is 5.11 Å². The molecule has 0 unspecified atom stereocenters. The first-order valence-corrected chi connectivity index (χ1v) is 8.00. The van der Waals surface area contributed by atoms with Crippen LogP contribution in [0.5, 0.6) is 5.75 Å². The van der Waals surface area contributed by atoms with Crippen molar-refractivity contribution in [2.45, 2.75) is 25.7 Å². The van der Waals surface area contributed by atoms with Crippen molar-refractivity contribution in [1.82, 2.24) is 4.98 Å². The Morgan fingerprint density at radius 3 is 2.59 bits per heavy atom. The van der Waals surface area contributed by atoms with E-state index in [1.165, 1.54) is 23.1 Å². The van der Waals surface area contributed by atoms with Gasteiger partial charge in [0.25, 0.3) is 0 Å². The van der Waals surface area contributed by atoms with Crippen molar-refractivity contribution in [3.8, 4) is 16.9 Å². The van der Waals surface area contributed by atoms with Crippen molar-refractivity contribution in [1.29, 1.82) is 0 Å². The summed E-state index contributed by atoms with van der Waals surface area (Å²) in [4.78, 5) is 4.42. The van der Waals surface area contributed by atoms with Gasteiger partial charge in [0.15, 0.2) is 0 Å². The molecule has 110 valence electrons. The minimum atomic E-state index is 0.430. The summed E-state index contributed by atoms with van der Waals surface area (Å²) in [5, 5.41) is 11.9. The number of phenols is 1. The maximum Gasteiger partial charge on any atom is 0.119 e. The molecule has 2 nitrogen and oxygen atoms in total. The molecular weight excluding hydrogens is 294 g/mol. The van der Waals surface area contributed by atoms with Gasteiger partial charge in [0.2, 0.25) is 0 Å². The number of benzene rings is 2. The molecule has 0 spiro atoms. The number of halogens is 1. The zero-order chi connectivity index (χ0) is 15.1. The monoisotopic (exact) mass is 309 g/mol. The van der Waals surface area contributed by atoms with Crippen molar-refractivity contribution in [3.05, 3.63) is 58.7 Å². The fourth-order valence-electron chi connectivity index (χ4n) is 3.46. The number of rotatable bonds is 1. The maximum atomic E-state index is 10.1. The molecule has 0 bridgehead atoms. The van der Waals surface area contributed by atoms with Crippen molar-refractivity contribution in [2.24, 2.45) is 0 Å². The van der Waals surface area contributed by atoms with Gasteiger partial charge < -0.3 is 5.11 Å². The SMILES string of the molecule is Oc1ccc(-c2ccnc3cc(Cl)ccc23)c2c1CCCC2. The summed E-state index contributed by atoms with van der Waals surface area (Å²) in [6.45, 7) is 0. The quantitative estimate of drug-likeness (QED) is 0.675. The van der Waals surface area contributed by atoms with Crippen LogP contribution >= 0.6 is 11.6 Å². The molecule has 3 aromatic rings. The van der Waals surface area contributed by atoms with E-state index >= 15 is 0 Å². The summed E-state index contributed by atoms with van der Waals surface area (Å²) >= 11 is 6.08. The average molecular weight is 310 g/mol. The van der Waals surface area contributed by atoms with E-state index in [1.807, 2.05) is 36.5 Å². The van der Waals surface area contributed by atoms with E-state index in [0.717, 1.165) is 35.7 Å². The molecule has 0 radical (unpaired) electrons. The standard InChI is InChI=1S/C19H16ClNO/c20-12-5-6-16-15(9-10-21-18(16)11-12)14-7-8-19(22)17-4-2-1-3-13(14)17/h5-11,22H,1-4H2. The molecule has 0 atom stereocenters. The van der Waals surface area contributed by atoms with E-state index < -0.39 is 0 Å². The normalized spacial score (nSPS) is 14.0. The zero-order valence-electron chi connectivity index (χ0n) is 12.1. The van der Waals surface area contributed by atoms with Gasteiger partial charge >= 0.3 is 0 Å². The summed E-state index contributed by atoms with van der Waals surface area (Å²) in [6, 6.07) is 11.7. The highest BCUT2D eigenvalue weighted by Crippen LogP contribution is 2.38. The van der Waals surface area contributed by atoms with Crippen LogP contribution in [0.1, 0.15) is 24.0 Å². The van der Waals surface area contributed by atoms with Crippen molar-refractivity contribution in [2.75, 3.05) is 0 Å². The van der Waals surface area contributed by atoms with E-state index in [-0.39, 0.29) is 0 Å². The molecule has 0 saturated heterocycles. The second kappa shape index (κ2) is 5.29. The summed E-state index contributed by atoms with van der Waals surface area (Å²) in [7, 11) is 0. The van der Waals surface area contributed by atoms with Crippen LogP contribution in [0.4, 0.5) is 0 Å². The molecule has 2 aromatic carbocycles. The smallest absolute Gasteiger partial charge is 0.119 e. The third kappa shape index (κ3) is 2.15. The summed E-state index contributed by atoms with van der Waals surface area (Å²) in [5.74, 6) is 0.430. The Bertz CT molecular complexity index is 873. The van der Waals surface area contributed by atoms with Gasteiger partial charge in [-0.25, -0.2) is 0 Å². The van der Waals surface area contributed by atoms with Crippen LogP contribution in [0.15, 0.2) is 42.6 Å². The molecule has 1 aliphatic carbocycles. The van der Waals surface area contributed by atoms with Gasteiger partial charge in [-0.2, -0.15) is 0 Å². The number of phenolic OH excluding ortho intramolecular Hbond substituents is 1. The molecule has 22 heavy (non-hydrogen) atoms. The molecule has 1 aromatic heterocycles. The second-order valence-electron chi connectivity index (χ2n) is 5.82. The molecule has 1 aliphatic rings. The summed E-state index contributed by atoms with van der Waals surface area (Å²) in [6.07, 6.45) is 6.14. The van der Waals surface area contributed by atoms with Crippen LogP contribution in [0.25, 0.3) is 22.0 Å². The lowest BCUT2D eigenvalue weighted by atomic mass is 9.84. The number of pyridine rings is 1. The van der Waals surface area contributed by atoms with Gasteiger partial charge in [-0.15, -0.1) is 0 Å². The second-order valence-corrected chi connectivity index (χ2v) is 6.25. The van der Waals surface area contributed by atoms with Crippen LogP contribution in [0.3, 0.4) is 0 Å². The minimum Gasteiger partial charge on any atom is -0.508 e. The lowest BCUT2D eigenvalue weighted by molar-refractivity contribution is 0.462. The van der Waals surface area contributed by atoms with Crippen LogP contribution in [0.2, 0.25) is 5.02 Å². The largest absolute Gasteiger partial charge is 0.508 e. The highest BCUT2D eigenvalue weighted by atomic mass is 35.5. The van der Waals surface area contributed by atoms with E-state index in [2.05, 4.69) is 11.1 Å².